The third-order valence-corrected chi connectivity index (χ3v) is 5.68. The van der Waals surface area contributed by atoms with Gasteiger partial charge in [-0.1, -0.05) is 63.0 Å². The van der Waals surface area contributed by atoms with Crippen LogP contribution in [0.15, 0.2) is 12.1 Å². The van der Waals surface area contributed by atoms with Gasteiger partial charge in [-0.2, -0.15) is 0 Å². The monoisotopic (exact) mass is 378 g/mol. The summed E-state index contributed by atoms with van der Waals surface area (Å²) in [6.45, 7) is 12.5. The molecule has 0 aliphatic rings. The fraction of sp³-hybridized carbons (Fsp3) is 0.429. The summed E-state index contributed by atoms with van der Waals surface area (Å²) in [6.07, 6.45) is 0.666. The fourth-order valence-electron chi connectivity index (χ4n) is 3.40. The Morgan fingerprint density at radius 2 is 1.08 bits per heavy atom. The molecule has 0 heterocycles. The number of halogens is 2. The van der Waals surface area contributed by atoms with Crippen LogP contribution in [0.25, 0.3) is 0 Å². The summed E-state index contributed by atoms with van der Waals surface area (Å²) in [5.74, 6) is 0.530. The Kier molecular flexibility index (Phi) is 5.96. The Bertz CT molecular complexity index is 741. The molecule has 0 unspecified atom stereocenters. The number of benzene rings is 2. The highest BCUT2D eigenvalue weighted by Gasteiger charge is 2.19. The molecule has 0 spiro atoms. The van der Waals surface area contributed by atoms with E-state index in [1.807, 2.05) is 13.8 Å². The van der Waals surface area contributed by atoms with Gasteiger partial charge in [0.25, 0.3) is 0 Å². The van der Waals surface area contributed by atoms with Crippen molar-refractivity contribution in [3.05, 3.63) is 55.6 Å². The predicted molar refractivity (Wildman–Crippen MR) is 112 cm³/mol. The number of aryl methyl sites for hydroxylation is 2. The molecule has 2 nitrogen and oxygen atoms in total. The Morgan fingerprint density at radius 3 is 1.36 bits per heavy atom. The minimum atomic E-state index is 0.265. The van der Waals surface area contributed by atoms with E-state index < -0.39 is 0 Å². The second-order valence-corrected chi connectivity index (χ2v) is 8.23. The van der Waals surface area contributed by atoms with Crippen LogP contribution in [0.2, 0.25) is 10.0 Å². The second-order valence-electron chi connectivity index (χ2n) is 7.47. The average molecular weight is 379 g/mol. The molecule has 0 aromatic heterocycles. The van der Waals surface area contributed by atoms with Gasteiger partial charge >= 0.3 is 0 Å². The molecule has 0 aliphatic carbocycles. The average Bonchev–Trinajstić information content (AvgIpc) is 2.49. The molecule has 0 fully saturated rings. The maximum atomic E-state index is 6.71. The van der Waals surface area contributed by atoms with Crippen LogP contribution in [0.4, 0.5) is 11.4 Å². The molecule has 0 amide bonds. The number of nitrogen functional groups attached to an aromatic ring is 2. The number of anilines is 2. The molecular weight excluding hydrogens is 351 g/mol. The lowest BCUT2D eigenvalue weighted by atomic mass is 9.90. The number of nitrogens with two attached hydrogens (primary N) is 2. The molecule has 25 heavy (non-hydrogen) atoms. The van der Waals surface area contributed by atoms with E-state index in [0.717, 1.165) is 54.8 Å². The first kappa shape index (κ1) is 19.9. The van der Waals surface area contributed by atoms with E-state index in [1.54, 1.807) is 0 Å². The van der Waals surface area contributed by atoms with Crippen molar-refractivity contribution in [1.29, 1.82) is 0 Å². The van der Waals surface area contributed by atoms with Crippen LogP contribution in [0.5, 0.6) is 0 Å². The summed E-state index contributed by atoms with van der Waals surface area (Å²) in [6, 6.07) is 4.14. The Balaban J connectivity index is 2.62. The van der Waals surface area contributed by atoms with E-state index in [2.05, 4.69) is 39.8 Å². The van der Waals surface area contributed by atoms with Gasteiger partial charge in [-0.15, -0.1) is 0 Å². The van der Waals surface area contributed by atoms with Crippen LogP contribution in [0, 0.1) is 13.8 Å². The van der Waals surface area contributed by atoms with E-state index in [9.17, 15) is 0 Å². The Morgan fingerprint density at radius 1 is 0.760 bits per heavy atom. The summed E-state index contributed by atoms with van der Waals surface area (Å²) in [7, 11) is 0. The zero-order valence-corrected chi connectivity index (χ0v) is 17.4. The molecule has 2 aromatic rings. The fourth-order valence-corrected chi connectivity index (χ4v) is 4.29. The minimum absolute atomic E-state index is 0.265. The molecule has 136 valence electrons. The largest absolute Gasteiger partial charge is 0.398 e. The summed E-state index contributed by atoms with van der Waals surface area (Å²) >= 11 is 13.4. The first-order chi connectivity index (χ1) is 11.6. The van der Waals surface area contributed by atoms with Crippen molar-refractivity contribution in [3.8, 4) is 0 Å². The maximum absolute atomic E-state index is 6.71. The lowest BCUT2D eigenvalue weighted by Crippen LogP contribution is -2.06. The highest BCUT2D eigenvalue weighted by molar-refractivity contribution is 6.33. The van der Waals surface area contributed by atoms with Crippen molar-refractivity contribution >= 4 is 34.6 Å². The van der Waals surface area contributed by atoms with E-state index in [0.29, 0.717) is 6.42 Å². The third kappa shape index (κ3) is 3.75. The van der Waals surface area contributed by atoms with Crippen molar-refractivity contribution in [2.45, 2.75) is 59.8 Å². The summed E-state index contributed by atoms with van der Waals surface area (Å²) in [4.78, 5) is 0. The van der Waals surface area contributed by atoms with Gasteiger partial charge in [0.15, 0.2) is 0 Å². The van der Waals surface area contributed by atoms with Crippen molar-refractivity contribution in [3.63, 3.8) is 0 Å². The molecule has 2 rings (SSSR count). The lowest BCUT2D eigenvalue weighted by Gasteiger charge is -2.21. The summed E-state index contributed by atoms with van der Waals surface area (Å²) in [5, 5.41) is 1.49. The van der Waals surface area contributed by atoms with E-state index in [1.165, 1.54) is 0 Å². The van der Waals surface area contributed by atoms with Crippen LogP contribution in [0.3, 0.4) is 0 Å². The molecule has 4 heteroatoms. The molecular formula is C21H28Cl2N2. The Labute approximate surface area is 161 Å². The second kappa shape index (κ2) is 7.47. The molecule has 0 saturated carbocycles. The minimum Gasteiger partial charge on any atom is -0.398 e. The SMILES string of the molecule is Cc1cc(Cc2cc(C)c(N)c(C(C)C)c2Cl)c(Cl)c(C(C)C)c1N. The molecule has 0 aliphatic heterocycles. The smallest absolute Gasteiger partial charge is 0.0496 e. The van der Waals surface area contributed by atoms with Crippen molar-refractivity contribution < 1.29 is 0 Å². The predicted octanol–water partition coefficient (Wildman–Crippen LogP) is 6.61. The number of rotatable bonds is 4. The third-order valence-electron chi connectivity index (χ3n) is 4.78. The van der Waals surface area contributed by atoms with Gasteiger partial charge in [-0.3, -0.25) is 0 Å². The van der Waals surface area contributed by atoms with Crippen molar-refractivity contribution in [2.24, 2.45) is 0 Å². The molecule has 2 aromatic carbocycles. The zero-order chi connectivity index (χ0) is 19.0. The Hall–Kier alpha value is -1.38. The normalized spacial score (nSPS) is 11.6. The van der Waals surface area contributed by atoms with Gasteiger partial charge in [0, 0.05) is 27.8 Å². The molecule has 0 atom stereocenters. The van der Waals surface area contributed by atoms with Crippen molar-refractivity contribution in [1.82, 2.24) is 0 Å². The van der Waals surface area contributed by atoms with Crippen LogP contribution in [-0.2, 0) is 6.42 Å². The highest BCUT2D eigenvalue weighted by atomic mass is 35.5. The molecule has 0 bridgehead atoms. The van der Waals surface area contributed by atoms with Gasteiger partial charge in [0.1, 0.15) is 0 Å². The summed E-state index contributed by atoms with van der Waals surface area (Å²) in [5.41, 5.74) is 20.3. The van der Waals surface area contributed by atoms with Crippen LogP contribution in [-0.4, -0.2) is 0 Å². The lowest BCUT2D eigenvalue weighted by molar-refractivity contribution is 0.861. The van der Waals surface area contributed by atoms with Crippen LogP contribution >= 0.6 is 23.2 Å². The standard InChI is InChI=1S/C21H28Cl2N2/c1-10(2)16-18(22)14(7-12(5)20(16)24)9-15-8-13(6)21(25)17(11(3)4)19(15)23/h7-8,10-11H,9,24-25H2,1-6H3. The van der Waals surface area contributed by atoms with Gasteiger partial charge in [-0.05, 0) is 59.1 Å². The molecule has 0 saturated heterocycles. The van der Waals surface area contributed by atoms with Gasteiger partial charge < -0.3 is 11.5 Å². The number of hydrogen-bond acceptors (Lipinski definition) is 2. The van der Waals surface area contributed by atoms with Crippen LogP contribution < -0.4 is 11.5 Å². The highest BCUT2D eigenvalue weighted by Crippen LogP contribution is 2.39. The van der Waals surface area contributed by atoms with E-state index in [-0.39, 0.29) is 11.8 Å². The van der Waals surface area contributed by atoms with Gasteiger partial charge in [-0.25, -0.2) is 0 Å². The van der Waals surface area contributed by atoms with Gasteiger partial charge in [0.05, 0.1) is 0 Å². The van der Waals surface area contributed by atoms with Crippen molar-refractivity contribution in [2.75, 3.05) is 11.5 Å². The van der Waals surface area contributed by atoms with Gasteiger partial charge in [0.2, 0.25) is 0 Å². The summed E-state index contributed by atoms with van der Waals surface area (Å²) < 4.78 is 0. The first-order valence-electron chi connectivity index (χ1n) is 8.70. The maximum Gasteiger partial charge on any atom is 0.0496 e. The molecule has 0 radical (unpaired) electrons. The topological polar surface area (TPSA) is 52.0 Å². The quantitative estimate of drug-likeness (QED) is 0.587. The van der Waals surface area contributed by atoms with E-state index >= 15 is 0 Å². The van der Waals surface area contributed by atoms with E-state index in [4.69, 9.17) is 34.7 Å². The first-order valence-corrected chi connectivity index (χ1v) is 9.46. The molecule has 4 N–H and O–H groups in total. The van der Waals surface area contributed by atoms with Crippen LogP contribution in [0.1, 0.15) is 72.9 Å². The zero-order valence-electron chi connectivity index (χ0n) is 15.9. The number of hydrogen-bond donors (Lipinski definition) is 2.